The fourth-order valence-electron chi connectivity index (χ4n) is 2.78. The van der Waals surface area contributed by atoms with E-state index in [4.69, 9.17) is 5.11 Å². The third-order valence-electron chi connectivity index (χ3n) is 4.35. The van der Waals surface area contributed by atoms with Crippen molar-refractivity contribution < 1.29 is 9.90 Å². The molecule has 126 valence electrons. The first-order valence-electron chi connectivity index (χ1n) is 8.26. The summed E-state index contributed by atoms with van der Waals surface area (Å²) in [5.74, 6) is 0.155. The highest BCUT2D eigenvalue weighted by molar-refractivity contribution is 5.75. The van der Waals surface area contributed by atoms with E-state index in [1.54, 1.807) is 0 Å². The monoisotopic (exact) mass is 316 g/mol. The van der Waals surface area contributed by atoms with Crippen molar-refractivity contribution in [2.75, 3.05) is 6.61 Å². The van der Waals surface area contributed by atoms with Crippen LogP contribution in [0.5, 0.6) is 0 Å². The van der Waals surface area contributed by atoms with E-state index in [9.17, 15) is 4.79 Å². The number of benzene rings is 1. The topological polar surface area (TPSA) is 61.4 Å². The summed E-state index contributed by atoms with van der Waals surface area (Å²) in [6, 6.07) is 8.16. The Morgan fingerprint density at radius 2 is 1.91 bits per heavy atom. The summed E-state index contributed by atoms with van der Waals surface area (Å²) >= 11 is 0. The molecule has 3 atom stereocenters. The molecule has 3 N–H and O–H groups in total. The van der Waals surface area contributed by atoms with Crippen LogP contribution in [0.25, 0.3) is 0 Å². The molecule has 23 heavy (non-hydrogen) atoms. The van der Waals surface area contributed by atoms with Crippen molar-refractivity contribution in [3.05, 3.63) is 47.5 Å². The van der Waals surface area contributed by atoms with Gasteiger partial charge in [0.1, 0.15) is 0 Å². The number of aliphatic hydroxyl groups excluding tert-OH is 1. The van der Waals surface area contributed by atoms with Crippen molar-refractivity contribution in [1.29, 1.82) is 0 Å². The zero-order valence-electron chi connectivity index (χ0n) is 14.5. The standard InChI is InChI=1S/C19H28N2O2/c1-13(15-6-8-16(9-7-15)19(2,3)4)20-18(23)21-17-10-5-14(11-17)12-22/h5-10,13-14,17,22H,11-12H2,1-4H3,(H2,20,21,23)/t13?,14-,17+/m0/s1. The second-order valence-electron chi connectivity index (χ2n) is 7.38. The summed E-state index contributed by atoms with van der Waals surface area (Å²) in [5, 5.41) is 15.0. The van der Waals surface area contributed by atoms with Crippen LogP contribution in [0.2, 0.25) is 0 Å². The average Bonchev–Trinajstić information content (AvgIpc) is 2.94. The van der Waals surface area contributed by atoms with Gasteiger partial charge in [0.25, 0.3) is 0 Å². The largest absolute Gasteiger partial charge is 0.396 e. The van der Waals surface area contributed by atoms with Crippen molar-refractivity contribution in [2.24, 2.45) is 5.92 Å². The number of aliphatic hydroxyl groups is 1. The smallest absolute Gasteiger partial charge is 0.315 e. The Kier molecular flexibility index (Phi) is 5.47. The third kappa shape index (κ3) is 4.83. The first-order chi connectivity index (χ1) is 10.8. The van der Waals surface area contributed by atoms with Crippen LogP contribution >= 0.6 is 0 Å². The first kappa shape index (κ1) is 17.5. The van der Waals surface area contributed by atoms with E-state index in [1.165, 1.54) is 5.56 Å². The van der Waals surface area contributed by atoms with Crippen LogP contribution in [-0.2, 0) is 5.41 Å². The van der Waals surface area contributed by atoms with Gasteiger partial charge in [0.05, 0.1) is 6.04 Å². The molecule has 1 aromatic carbocycles. The zero-order valence-corrected chi connectivity index (χ0v) is 14.5. The molecule has 0 saturated carbocycles. The summed E-state index contributed by atoms with van der Waals surface area (Å²) in [6.45, 7) is 8.67. The van der Waals surface area contributed by atoms with Crippen molar-refractivity contribution >= 4 is 6.03 Å². The minimum absolute atomic E-state index is 0.00242. The average molecular weight is 316 g/mol. The molecular formula is C19H28N2O2. The number of nitrogens with one attached hydrogen (secondary N) is 2. The Labute approximate surface area is 139 Å². The molecule has 4 nitrogen and oxygen atoms in total. The van der Waals surface area contributed by atoms with Gasteiger partial charge in [0.15, 0.2) is 0 Å². The van der Waals surface area contributed by atoms with E-state index in [-0.39, 0.29) is 36.1 Å². The molecule has 0 saturated heterocycles. The quantitative estimate of drug-likeness (QED) is 0.747. The van der Waals surface area contributed by atoms with E-state index in [0.29, 0.717) is 0 Å². The van der Waals surface area contributed by atoms with Gasteiger partial charge in [-0.3, -0.25) is 0 Å². The highest BCUT2D eigenvalue weighted by Gasteiger charge is 2.20. The van der Waals surface area contributed by atoms with Gasteiger partial charge in [-0.2, -0.15) is 0 Å². The van der Waals surface area contributed by atoms with Crippen molar-refractivity contribution in [1.82, 2.24) is 10.6 Å². The Morgan fingerprint density at radius 3 is 2.43 bits per heavy atom. The molecule has 0 aromatic heterocycles. The number of hydrogen-bond donors (Lipinski definition) is 3. The lowest BCUT2D eigenvalue weighted by Gasteiger charge is -2.21. The van der Waals surface area contributed by atoms with E-state index in [1.807, 2.05) is 19.1 Å². The van der Waals surface area contributed by atoms with Gasteiger partial charge < -0.3 is 15.7 Å². The highest BCUT2D eigenvalue weighted by atomic mass is 16.3. The molecule has 4 heteroatoms. The summed E-state index contributed by atoms with van der Waals surface area (Å²) in [7, 11) is 0. The summed E-state index contributed by atoms with van der Waals surface area (Å²) < 4.78 is 0. The maximum atomic E-state index is 12.1. The predicted octanol–water partition coefficient (Wildman–Crippen LogP) is 3.28. The molecule has 2 rings (SSSR count). The van der Waals surface area contributed by atoms with Crippen LogP contribution in [0.4, 0.5) is 4.79 Å². The van der Waals surface area contributed by atoms with Gasteiger partial charge in [-0.15, -0.1) is 0 Å². The lowest BCUT2D eigenvalue weighted by atomic mass is 9.86. The minimum atomic E-state index is -0.175. The number of hydrogen-bond acceptors (Lipinski definition) is 2. The van der Waals surface area contributed by atoms with Crippen LogP contribution in [-0.4, -0.2) is 23.8 Å². The van der Waals surface area contributed by atoms with Crippen LogP contribution in [0.3, 0.4) is 0 Å². The van der Waals surface area contributed by atoms with Crippen LogP contribution in [0, 0.1) is 5.92 Å². The molecule has 0 spiro atoms. The fourth-order valence-corrected chi connectivity index (χ4v) is 2.78. The van der Waals surface area contributed by atoms with Gasteiger partial charge in [0, 0.05) is 18.6 Å². The highest BCUT2D eigenvalue weighted by Crippen LogP contribution is 2.24. The van der Waals surface area contributed by atoms with Crippen LogP contribution in [0.1, 0.15) is 51.3 Å². The Morgan fingerprint density at radius 1 is 1.26 bits per heavy atom. The molecule has 2 amide bonds. The predicted molar refractivity (Wildman–Crippen MR) is 93.3 cm³/mol. The summed E-state index contributed by atoms with van der Waals surface area (Å²) in [4.78, 5) is 12.1. The van der Waals surface area contributed by atoms with Gasteiger partial charge in [0.2, 0.25) is 0 Å². The lowest BCUT2D eigenvalue weighted by molar-refractivity contribution is 0.229. The Hall–Kier alpha value is -1.81. The molecule has 1 aliphatic rings. The molecule has 1 aromatic rings. The van der Waals surface area contributed by atoms with Gasteiger partial charge in [-0.1, -0.05) is 57.2 Å². The molecule has 1 unspecified atom stereocenters. The van der Waals surface area contributed by atoms with Crippen molar-refractivity contribution in [3.63, 3.8) is 0 Å². The minimum Gasteiger partial charge on any atom is -0.396 e. The number of urea groups is 1. The Bertz CT molecular complexity index is 558. The molecule has 0 bridgehead atoms. The third-order valence-corrected chi connectivity index (χ3v) is 4.35. The molecule has 0 radical (unpaired) electrons. The second-order valence-corrected chi connectivity index (χ2v) is 7.38. The molecule has 0 aliphatic heterocycles. The van der Waals surface area contributed by atoms with Gasteiger partial charge in [-0.05, 0) is 29.9 Å². The molecule has 0 heterocycles. The fraction of sp³-hybridized carbons (Fsp3) is 0.526. The Balaban J connectivity index is 1.87. The molecule has 0 fully saturated rings. The van der Waals surface area contributed by atoms with E-state index < -0.39 is 0 Å². The van der Waals surface area contributed by atoms with Crippen LogP contribution < -0.4 is 10.6 Å². The number of carbonyl (C=O) groups excluding carboxylic acids is 1. The lowest BCUT2D eigenvalue weighted by Crippen LogP contribution is -2.41. The molecule has 1 aliphatic carbocycles. The van der Waals surface area contributed by atoms with Gasteiger partial charge >= 0.3 is 6.03 Å². The van der Waals surface area contributed by atoms with Crippen molar-refractivity contribution in [2.45, 2.75) is 51.6 Å². The maximum absolute atomic E-state index is 12.1. The van der Waals surface area contributed by atoms with Gasteiger partial charge in [-0.25, -0.2) is 4.79 Å². The normalized spacial score (nSPS) is 22.0. The zero-order chi connectivity index (χ0) is 17.0. The summed E-state index contributed by atoms with van der Waals surface area (Å²) in [6.07, 6.45) is 4.67. The second kappa shape index (κ2) is 7.18. The van der Waals surface area contributed by atoms with E-state index in [0.717, 1.165) is 12.0 Å². The number of carbonyl (C=O) groups is 1. The van der Waals surface area contributed by atoms with Crippen molar-refractivity contribution in [3.8, 4) is 0 Å². The first-order valence-corrected chi connectivity index (χ1v) is 8.26. The SMILES string of the molecule is CC(NC(=O)N[C@@H]1C=C[C@H](CO)C1)c1ccc(C(C)(C)C)cc1. The maximum Gasteiger partial charge on any atom is 0.315 e. The molecular weight excluding hydrogens is 288 g/mol. The summed E-state index contributed by atoms with van der Waals surface area (Å²) in [5.41, 5.74) is 2.50. The number of rotatable bonds is 4. The van der Waals surface area contributed by atoms with E-state index >= 15 is 0 Å². The number of amides is 2. The van der Waals surface area contributed by atoms with Crippen LogP contribution in [0.15, 0.2) is 36.4 Å². The van der Waals surface area contributed by atoms with E-state index in [2.05, 4.69) is 55.7 Å².